The van der Waals surface area contributed by atoms with E-state index in [9.17, 15) is 4.79 Å². The average molecular weight is 267 g/mol. The van der Waals surface area contributed by atoms with E-state index in [1.807, 2.05) is 0 Å². The fourth-order valence-electron chi connectivity index (χ4n) is 3.52. The van der Waals surface area contributed by atoms with E-state index < -0.39 is 0 Å². The van der Waals surface area contributed by atoms with Crippen LogP contribution >= 0.6 is 0 Å². The van der Waals surface area contributed by atoms with E-state index in [-0.39, 0.29) is 6.04 Å². The monoisotopic (exact) mass is 267 g/mol. The first kappa shape index (κ1) is 14.8. The van der Waals surface area contributed by atoms with Crippen molar-refractivity contribution in [3.05, 3.63) is 0 Å². The number of nitrogens with zero attached hydrogens (tertiary/aromatic N) is 2. The highest BCUT2D eigenvalue weighted by molar-refractivity contribution is 5.82. The molecule has 2 aliphatic heterocycles. The standard InChI is InChI=1S/C15H29N3O/c1-3-6-13(4-2)18-10-5-7-14(18)15(19)17-11-8-16-9-12-17/h13-14,16H,3-12H2,1-2H3. The van der Waals surface area contributed by atoms with Crippen molar-refractivity contribution in [3.8, 4) is 0 Å². The van der Waals surface area contributed by atoms with Gasteiger partial charge in [-0.2, -0.15) is 0 Å². The zero-order valence-electron chi connectivity index (χ0n) is 12.5. The second-order valence-corrected chi connectivity index (χ2v) is 5.82. The van der Waals surface area contributed by atoms with Gasteiger partial charge >= 0.3 is 0 Å². The second-order valence-electron chi connectivity index (χ2n) is 5.82. The van der Waals surface area contributed by atoms with Crippen molar-refractivity contribution in [2.24, 2.45) is 0 Å². The van der Waals surface area contributed by atoms with Gasteiger partial charge in [0.2, 0.25) is 5.91 Å². The molecule has 0 radical (unpaired) electrons. The maximum atomic E-state index is 12.7. The number of hydrogen-bond donors (Lipinski definition) is 1. The molecule has 4 heteroatoms. The largest absolute Gasteiger partial charge is 0.339 e. The lowest BCUT2D eigenvalue weighted by molar-refractivity contribution is -0.137. The Labute approximate surface area is 117 Å². The molecule has 1 N–H and O–H groups in total. The van der Waals surface area contributed by atoms with Gasteiger partial charge in [-0.05, 0) is 32.2 Å². The third-order valence-electron chi connectivity index (χ3n) is 4.57. The molecule has 0 bridgehead atoms. The van der Waals surface area contributed by atoms with Crippen LogP contribution in [0.25, 0.3) is 0 Å². The van der Waals surface area contributed by atoms with Crippen LogP contribution in [0.1, 0.15) is 46.0 Å². The molecule has 19 heavy (non-hydrogen) atoms. The first-order valence-corrected chi connectivity index (χ1v) is 8.03. The average Bonchev–Trinajstić information content (AvgIpc) is 2.94. The fraction of sp³-hybridized carbons (Fsp3) is 0.933. The SMILES string of the molecule is CCCC(CC)N1CCCC1C(=O)N1CCNCC1. The van der Waals surface area contributed by atoms with Gasteiger partial charge in [-0.1, -0.05) is 20.3 Å². The van der Waals surface area contributed by atoms with Gasteiger partial charge in [0.25, 0.3) is 0 Å². The number of carbonyl (C=O) groups excluding carboxylic acids is 1. The molecule has 0 aromatic heterocycles. The van der Waals surface area contributed by atoms with Gasteiger partial charge in [0.15, 0.2) is 0 Å². The van der Waals surface area contributed by atoms with Crippen LogP contribution in [0.4, 0.5) is 0 Å². The Hall–Kier alpha value is -0.610. The molecule has 2 saturated heterocycles. The summed E-state index contributed by atoms with van der Waals surface area (Å²) in [6.07, 6.45) is 5.84. The van der Waals surface area contributed by atoms with Crippen molar-refractivity contribution in [2.75, 3.05) is 32.7 Å². The van der Waals surface area contributed by atoms with Crippen LogP contribution in [-0.4, -0.2) is 60.5 Å². The summed E-state index contributed by atoms with van der Waals surface area (Å²) >= 11 is 0. The minimum Gasteiger partial charge on any atom is -0.339 e. The molecule has 2 heterocycles. The molecule has 0 aliphatic carbocycles. The van der Waals surface area contributed by atoms with E-state index in [0.717, 1.165) is 39.1 Å². The van der Waals surface area contributed by atoms with Gasteiger partial charge in [-0.3, -0.25) is 9.69 Å². The molecule has 0 saturated carbocycles. The van der Waals surface area contributed by atoms with E-state index in [1.165, 1.54) is 25.7 Å². The first-order chi connectivity index (χ1) is 9.27. The lowest BCUT2D eigenvalue weighted by Gasteiger charge is -2.36. The second kappa shape index (κ2) is 7.25. The number of nitrogens with one attached hydrogen (secondary N) is 1. The summed E-state index contributed by atoms with van der Waals surface area (Å²) in [7, 11) is 0. The van der Waals surface area contributed by atoms with Gasteiger partial charge in [0.1, 0.15) is 0 Å². The fourth-order valence-corrected chi connectivity index (χ4v) is 3.52. The van der Waals surface area contributed by atoms with Gasteiger partial charge in [0.05, 0.1) is 6.04 Å². The Bertz CT molecular complexity index is 289. The molecule has 2 aliphatic rings. The maximum absolute atomic E-state index is 12.7. The Balaban J connectivity index is 1.98. The molecule has 2 fully saturated rings. The van der Waals surface area contributed by atoms with Gasteiger partial charge in [0, 0.05) is 32.2 Å². The van der Waals surface area contributed by atoms with Crippen LogP contribution in [0.3, 0.4) is 0 Å². The van der Waals surface area contributed by atoms with E-state index in [2.05, 4.69) is 29.0 Å². The first-order valence-electron chi connectivity index (χ1n) is 8.03. The summed E-state index contributed by atoms with van der Waals surface area (Å²) in [6.45, 7) is 9.27. The van der Waals surface area contributed by atoms with Crippen molar-refractivity contribution in [3.63, 3.8) is 0 Å². The summed E-state index contributed by atoms with van der Waals surface area (Å²) in [4.78, 5) is 17.3. The summed E-state index contributed by atoms with van der Waals surface area (Å²) in [5, 5.41) is 3.32. The topological polar surface area (TPSA) is 35.6 Å². The normalized spacial score (nSPS) is 26.6. The van der Waals surface area contributed by atoms with Crippen LogP contribution in [0, 0.1) is 0 Å². The highest BCUT2D eigenvalue weighted by atomic mass is 16.2. The molecule has 2 unspecified atom stereocenters. The highest BCUT2D eigenvalue weighted by Gasteiger charge is 2.36. The van der Waals surface area contributed by atoms with Crippen molar-refractivity contribution >= 4 is 5.91 Å². The smallest absolute Gasteiger partial charge is 0.240 e. The van der Waals surface area contributed by atoms with Crippen LogP contribution < -0.4 is 5.32 Å². The third kappa shape index (κ3) is 3.48. The highest BCUT2D eigenvalue weighted by Crippen LogP contribution is 2.25. The zero-order chi connectivity index (χ0) is 13.7. The van der Waals surface area contributed by atoms with Crippen molar-refractivity contribution in [1.29, 1.82) is 0 Å². The Morgan fingerprint density at radius 2 is 2.00 bits per heavy atom. The molecule has 4 nitrogen and oxygen atoms in total. The number of rotatable bonds is 5. The third-order valence-corrected chi connectivity index (χ3v) is 4.57. The molecule has 0 aromatic rings. The van der Waals surface area contributed by atoms with Crippen LogP contribution in [0.5, 0.6) is 0 Å². The van der Waals surface area contributed by atoms with Gasteiger partial charge in [-0.15, -0.1) is 0 Å². The summed E-state index contributed by atoms with van der Waals surface area (Å²) in [5.74, 6) is 0.383. The van der Waals surface area contributed by atoms with E-state index in [1.54, 1.807) is 0 Å². The van der Waals surface area contributed by atoms with Crippen LogP contribution in [0.15, 0.2) is 0 Å². The molecule has 110 valence electrons. The molecule has 0 spiro atoms. The predicted octanol–water partition coefficient (Wildman–Crippen LogP) is 1.46. The Morgan fingerprint density at radius 3 is 2.63 bits per heavy atom. The summed E-state index contributed by atoms with van der Waals surface area (Å²) in [6, 6.07) is 0.763. The lowest BCUT2D eigenvalue weighted by Crippen LogP contribution is -2.54. The maximum Gasteiger partial charge on any atom is 0.240 e. The van der Waals surface area contributed by atoms with Gasteiger partial charge in [-0.25, -0.2) is 0 Å². The molecule has 2 rings (SSSR count). The van der Waals surface area contributed by atoms with Crippen molar-refractivity contribution in [2.45, 2.75) is 58.0 Å². The Morgan fingerprint density at radius 1 is 1.26 bits per heavy atom. The van der Waals surface area contributed by atoms with Crippen molar-refractivity contribution in [1.82, 2.24) is 15.1 Å². The van der Waals surface area contributed by atoms with E-state index in [0.29, 0.717) is 11.9 Å². The number of likely N-dealkylation sites (tertiary alicyclic amines) is 1. The molecule has 0 aromatic carbocycles. The van der Waals surface area contributed by atoms with Crippen molar-refractivity contribution < 1.29 is 4.79 Å². The van der Waals surface area contributed by atoms with E-state index >= 15 is 0 Å². The molecule has 1 amide bonds. The van der Waals surface area contributed by atoms with E-state index in [4.69, 9.17) is 0 Å². The number of carbonyl (C=O) groups is 1. The predicted molar refractivity (Wildman–Crippen MR) is 78.2 cm³/mol. The lowest BCUT2D eigenvalue weighted by atomic mass is 10.1. The molecular formula is C15H29N3O. The van der Waals surface area contributed by atoms with Gasteiger partial charge < -0.3 is 10.2 Å². The number of amides is 1. The van der Waals surface area contributed by atoms with Crippen LogP contribution in [-0.2, 0) is 4.79 Å². The Kier molecular flexibility index (Phi) is 5.64. The molecular weight excluding hydrogens is 238 g/mol. The van der Waals surface area contributed by atoms with Crippen LogP contribution in [0.2, 0.25) is 0 Å². The minimum atomic E-state index is 0.162. The molecule has 2 atom stereocenters. The minimum absolute atomic E-state index is 0.162. The summed E-state index contributed by atoms with van der Waals surface area (Å²) < 4.78 is 0. The summed E-state index contributed by atoms with van der Waals surface area (Å²) in [5.41, 5.74) is 0. The zero-order valence-corrected chi connectivity index (χ0v) is 12.5. The number of hydrogen-bond acceptors (Lipinski definition) is 3. The number of piperazine rings is 1. The quantitative estimate of drug-likeness (QED) is 0.819.